The van der Waals surface area contributed by atoms with Crippen LogP contribution in [-0.4, -0.2) is 19.7 Å². The highest BCUT2D eigenvalue weighted by Gasteiger charge is 2.06. The summed E-state index contributed by atoms with van der Waals surface area (Å²) in [5.74, 6) is 1.78. The molecule has 0 heterocycles. The van der Waals surface area contributed by atoms with Crippen LogP contribution in [0.5, 0.6) is 5.75 Å². The summed E-state index contributed by atoms with van der Waals surface area (Å²) < 4.78 is 5.73. The lowest BCUT2D eigenvalue weighted by Gasteiger charge is -2.17. The highest BCUT2D eigenvalue weighted by molar-refractivity contribution is 5.20. The van der Waals surface area contributed by atoms with E-state index in [0.717, 1.165) is 24.7 Å². The average molecular weight is 249 g/mol. The van der Waals surface area contributed by atoms with Gasteiger partial charge in [-0.15, -0.1) is 0 Å². The van der Waals surface area contributed by atoms with Crippen LogP contribution in [0.1, 0.15) is 39.5 Å². The quantitative estimate of drug-likeness (QED) is 0.717. The lowest BCUT2D eigenvalue weighted by Crippen LogP contribution is -2.27. The van der Waals surface area contributed by atoms with Crippen molar-refractivity contribution < 1.29 is 4.74 Å². The fraction of sp³-hybridized carbons (Fsp3) is 0.625. The summed E-state index contributed by atoms with van der Waals surface area (Å²) in [4.78, 5) is 0. The Morgan fingerprint density at radius 1 is 1.06 bits per heavy atom. The molecular weight excluding hydrogens is 222 g/mol. The molecule has 1 unspecified atom stereocenters. The molecule has 2 heteroatoms. The van der Waals surface area contributed by atoms with Crippen molar-refractivity contribution in [2.45, 2.75) is 45.6 Å². The number of hydrogen-bond acceptors (Lipinski definition) is 2. The van der Waals surface area contributed by atoms with Crippen molar-refractivity contribution in [2.24, 2.45) is 5.92 Å². The van der Waals surface area contributed by atoms with E-state index in [0.29, 0.717) is 6.04 Å². The second kappa shape index (κ2) is 8.98. The van der Waals surface area contributed by atoms with E-state index in [1.807, 2.05) is 37.4 Å². The first-order valence-electron chi connectivity index (χ1n) is 7.07. The van der Waals surface area contributed by atoms with Gasteiger partial charge in [-0.25, -0.2) is 0 Å². The minimum Gasteiger partial charge on any atom is -0.494 e. The zero-order chi connectivity index (χ0) is 13.2. The van der Waals surface area contributed by atoms with Crippen molar-refractivity contribution in [3.05, 3.63) is 30.3 Å². The smallest absolute Gasteiger partial charge is 0.119 e. The van der Waals surface area contributed by atoms with Crippen LogP contribution in [0.25, 0.3) is 0 Å². The predicted molar refractivity (Wildman–Crippen MR) is 78.1 cm³/mol. The Hall–Kier alpha value is -1.02. The Labute approximate surface area is 112 Å². The van der Waals surface area contributed by atoms with E-state index >= 15 is 0 Å². The van der Waals surface area contributed by atoms with Crippen LogP contribution < -0.4 is 10.1 Å². The molecule has 0 aliphatic carbocycles. The maximum absolute atomic E-state index is 5.73. The number of benzene rings is 1. The molecule has 1 rings (SSSR count). The van der Waals surface area contributed by atoms with E-state index in [2.05, 4.69) is 19.2 Å². The van der Waals surface area contributed by atoms with Crippen molar-refractivity contribution >= 4 is 0 Å². The third-order valence-corrected chi connectivity index (χ3v) is 3.22. The van der Waals surface area contributed by atoms with Gasteiger partial charge in [-0.1, -0.05) is 44.9 Å². The molecule has 2 nitrogen and oxygen atoms in total. The van der Waals surface area contributed by atoms with Gasteiger partial charge >= 0.3 is 0 Å². The van der Waals surface area contributed by atoms with E-state index in [9.17, 15) is 0 Å². The van der Waals surface area contributed by atoms with Gasteiger partial charge < -0.3 is 10.1 Å². The fourth-order valence-electron chi connectivity index (χ4n) is 2.04. The Balaban J connectivity index is 2.15. The van der Waals surface area contributed by atoms with Crippen molar-refractivity contribution in [1.29, 1.82) is 0 Å². The summed E-state index contributed by atoms with van der Waals surface area (Å²) in [5, 5.41) is 3.38. The molecule has 0 fully saturated rings. The standard InChI is InChI=1S/C16H27NO/c1-14(2)8-7-9-15(17-3)12-13-18-16-10-5-4-6-11-16/h4-6,10-11,14-15,17H,7-9,12-13H2,1-3H3. The van der Waals surface area contributed by atoms with Crippen molar-refractivity contribution in [3.8, 4) is 5.75 Å². The number of ether oxygens (including phenoxy) is 1. The largest absolute Gasteiger partial charge is 0.494 e. The molecule has 1 atom stereocenters. The molecule has 0 aliphatic heterocycles. The molecular formula is C16H27NO. The van der Waals surface area contributed by atoms with Gasteiger partial charge in [0.1, 0.15) is 5.75 Å². The normalized spacial score (nSPS) is 12.7. The molecule has 18 heavy (non-hydrogen) atoms. The molecule has 0 aliphatic rings. The van der Waals surface area contributed by atoms with E-state index in [1.54, 1.807) is 0 Å². The minimum atomic E-state index is 0.576. The highest BCUT2D eigenvalue weighted by atomic mass is 16.5. The van der Waals surface area contributed by atoms with E-state index in [1.165, 1.54) is 19.3 Å². The first-order chi connectivity index (χ1) is 8.72. The molecule has 0 spiro atoms. The molecule has 1 aromatic rings. The molecule has 1 aromatic carbocycles. The fourth-order valence-corrected chi connectivity index (χ4v) is 2.04. The monoisotopic (exact) mass is 249 g/mol. The molecule has 0 aromatic heterocycles. The van der Waals surface area contributed by atoms with Gasteiger partial charge in [0.2, 0.25) is 0 Å². The molecule has 0 bridgehead atoms. The van der Waals surface area contributed by atoms with Crippen LogP contribution in [0.2, 0.25) is 0 Å². The van der Waals surface area contributed by atoms with Gasteiger partial charge in [-0.05, 0) is 37.9 Å². The Morgan fingerprint density at radius 3 is 2.39 bits per heavy atom. The van der Waals surface area contributed by atoms with E-state index < -0.39 is 0 Å². The van der Waals surface area contributed by atoms with Gasteiger partial charge in [0.15, 0.2) is 0 Å². The Kier molecular flexibility index (Phi) is 7.51. The van der Waals surface area contributed by atoms with Gasteiger partial charge in [0.25, 0.3) is 0 Å². The zero-order valence-electron chi connectivity index (χ0n) is 12.0. The molecule has 0 saturated carbocycles. The summed E-state index contributed by atoms with van der Waals surface area (Å²) in [6.07, 6.45) is 4.93. The second-order valence-electron chi connectivity index (χ2n) is 5.26. The summed E-state index contributed by atoms with van der Waals surface area (Å²) in [5.41, 5.74) is 0. The lowest BCUT2D eigenvalue weighted by molar-refractivity contribution is 0.282. The summed E-state index contributed by atoms with van der Waals surface area (Å²) in [7, 11) is 2.04. The Morgan fingerprint density at radius 2 is 1.78 bits per heavy atom. The number of rotatable bonds is 9. The molecule has 102 valence electrons. The van der Waals surface area contributed by atoms with Crippen LogP contribution in [0.3, 0.4) is 0 Å². The number of nitrogens with one attached hydrogen (secondary N) is 1. The first-order valence-corrected chi connectivity index (χ1v) is 7.07. The van der Waals surface area contributed by atoms with Crippen molar-refractivity contribution in [1.82, 2.24) is 5.32 Å². The van der Waals surface area contributed by atoms with Gasteiger partial charge in [0, 0.05) is 6.04 Å². The summed E-state index contributed by atoms with van der Waals surface area (Å²) in [6, 6.07) is 10.6. The van der Waals surface area contributed by atoms with Crippen LogP contribution in [-0.2, 0) is 0 Å². The van der Waals surface area contributed by atoms with Crippen LogP contribution in [0.4, 0.5) is 0 Å². The molecule has 0 saturated heterocycles. The van der Waals surface area contributed by atoms with Crippen molar-refractivity contribution in [3.63, 3.8) is 0 Å². The third kappa shape index (κ3) is 6.65. The van der Waals surface area contributed by atoms with Gasteiger partial charge in [0.05, 0.1) is 6.61 Å². The van der Waals surface area contributed by atoms with Crippen LogP contribution >= 0.6 is 0 Å². The summed E-state index contributed by atoms with van der Waals surface area (Å²) >= 11 is 0. The molecule has 1 N–H and O–H groups in total. The average Bonchev–Trinajstić information content (AvgIpc) is 2.38. The van der Waals surface area contributed by atoms with E-state index in [4.69, 9.17) is 4.74 Å². The number of para-hydroxylation sites is 1. The minimum absolute atomic E-state index is 0.576. The lowest BCUT2D eigenvalue weighted by atomic mass is 10.0. The van der Waals surface area contributed by atoms with Crippen LogP contribution in [0.15, 0.2) is 30.3 Å². The van der Waals surface area contributed by atoms with Gasteiger partial charge in [-0.3, -0.25) is 0 Å². The SMILES string of the molecule is CNC(CCCC(C)C)CCOc1ccccc1. The predicted octanol–water partition coefficient (Wildman–Crippen LogP) is 3.87. The third-order valence-electron chi connectivity index (χ3n) is 3.22. The molecule has 0 radical (unpaired) electrons. The van der Waals surface area contributed by atoms with Crippen molar-refractivity contribution in [2.75, 3.05) is 13.7 Å². The molecule has 0 amide bonds. The van der Waals surface area contributed by atoms with Crippen LogP contribution in [0, 0.1) is 5.92 Å². The topological polar surface area (TPSA) is 21.3 Å². The van der Waals surface area contributed by atoms with E-state index in [-0.39, 0.29) is 0 Å². The number of hydrogen-bond donors (Lipinski definition) is 1. The van der Waals surface area contributed by atoms with Gasteiger partial charge in [-0.2, -0.15) is 0 Å². The zero-order valence-corrected chi connectivity index (χ0v) is 12.0. The maximum Gasteiger partial charge on any atom is 0.119 e. The maximum atomic E-state index is 5.73. The first kappa shape index (κ1) is 15.0. The Bertz CT molecular complexity index is 297. The second-order valence-corrected chi connectivity index (χ2v) is 5.26. The summed E-state index contributed by atoms with van der Waals surface area (Å²) in [6.45, 7) is 5.36. The highest BCUT2D eigenvalue weighted by Crippen LogP contribution is 2.12.